The molecule has 0 amide bonds. The zero-order valence-electron chi connectivity index (χ0n) is 16.8. The van der Waals surface area contributed by atoms with Crippen molar-refractivity contribution in [1.29, 1.82) is 0 Å². The van der Waals surface area contributed by atoms with E-state index in [0.717, 1.165) is 42.3 Å². The first-order valence-corrected chi connectivity index (χ1v) is 10.6. The molecule has 3 rings (SSSR count). The number of hydrogen-bond donors (Lipinski definition) is 3. The van der Waals surface area contributed by atoms with Crippen molar-refractivity contribution < 1.29 is 28.9 Å². The number of carbonyl (C=O) groups is 2. The summed E-state index contributed by atoms with van der Waals surface area (Å²) in [6, 6.07) is 12.8. The largest absolute Gasteiger partial charge is 0.478 e. The number of benzene rings is 2. The fraction of sp³-hybridized carbons (Fsp3) is 0.217. The number of carboxylic acids is 2. The van der Waals surface area contributed by atoms with Crippen molar-refractivity contribution in [1.82, 2.24) is 5.32 Å². The molecule has 6 nitrogen and oxygen atoms in total. The van der Waals surface area contributed by atoms with Crippen LogP contribution in [0.25, 0.3) is 0 Å². The number of halogens is 1. The van der Waals surface area contributed by atoms with Crippen molar-refractivity contribution in [3.05, 3.63) is 84.2 Å². The minimum atomic E-state index is -1.26. The summed E-state index contributed by atoms with van der Waals surface area (Å²) in [5.74, 6) is -0.147. The molecule has 1 atom stereocenters. The smallest absolute Gasteiger partial charge is 0.328 e. The van der Waals surface area contributed by atoms with E-state index < -0.39 is 11.9 Å². The number of fused-ring (bicyclic) bond motifs is 2. The van der Waals surface area contributed by atoms with E-state index in [-0.39, 0.29) is 11.1 Å². The Labute approximate surface area is 184 Å². The molecule has 2 aromatic carbocycles. The van der Waals surface area contributed by atoms with Gasteiger partial charge in [-0.2, -0.15) is 11.8 Å². The predicted molar refractivity (Wildman–Crippen MR) is 119 cm³/mol. The summed E-state index contributed by atoms with van der Waals surface area (Å²) < 4.78 is 19.8. The second-order valence-electron chi connectivity index (χ2n) is 6.46. The predicted octanol–water partition coefficient (Wildman–Crippen LogP) is 4.44. The van der Waals surface area contributed by atoms with E-state index in [1.807, 2.05) is 36.0 Å². The Kier molecular flexibility index (Phi) is 9.80. The quantitative estimate of drug-likeness (QED) is 0.314. The van der Waals surface area contributed by atoms with Crippen LogP contribution in [-0.2, 0) is 16.0 Å². The normalized spacial score (nSPS) is 14.3. The van der Waals surface area contributed by atoms with Gasteiger partial charge in [0.05, 0.1) is 0 Å². The molecule has 2 aromatic rings. The summed E-state index contributed by atoms with van der Waals surface area (Å²) >= 11 is 1.83. The second-order valence-corrected chi connectivity index (χ2v) is 7.77. The van der Waals surface area contributed by atoms with Gasteiger partial charge in [0.1, 0.15) is 17.3 Å². The lowest BCUT2D eigenvalue weighted by Crippen LogP contribution is -2.17. The molecule has 0 aromatic heterocycles. The molecule has 1 aliphatic heterocycles. The summed E-state index contributed by atoms with van der Waals surface area (Å²) in [7, 11) is 0. The van der Waals surface area contributed by atoms with Crippen LogP contribution in [0.1, 0.15) is 16.4 Å². The van der Waals surface area contributed by atoms with E-state index in [0.29, 0.717) is 12.2 Å². The van der Waals surface area contributed by atoms with Crippen LogP contribution < -0.4 is 10.1 Å². The number of thioether (sulfide) groups is 1. The maximum absolute atomic E-state index is 13.7. The Morgan fingerprint density at radius 2 is 1.87 bits per heavy atom. The first-order chi connectivity index (χ1) is 14.9. The highest BCUT2D eigenvalue weighted by Gasteiger charge is 2.24. The fourth-order valence-electron chi connectivity index (χ4n) is 2.83. The van der Waals surface area contributed by atoms with E-state index >= 15 is 0 Å². The van der Waals surface area contributed by atoms with Crippen molar-refractivity contribution in [2.45, 2.75) is 11.7 Å². The van der Waals surface area contributed by atoms with E-state index in [4.69, 9.17) is 14.9 Å². The zero-order chi connectivity index (χ0) is 22.6. The van der Waals surface area contributed by atoms with E-state index in [2.05, 4.69) is 18.0 Å². The lowest BCUT2D eigenvalue weighted by Gasteiger charge is -2.16. The highest BCUT2D eigenvalue weighted by atomic mass is 32.2. The summed E-state index contributed by atoms with van der Waals surface area (Å²) in [4.78, 5) is 19.1. The lowest BCUT2D eigenvalue weighted by molar-refractivity contribution is -0.134. The average molecular weight is 446 g/mol. The minimum absolute atomic E-state index is 0.190. The molecular weight excluding hydrogens is 421 g/mol. The SMILES string of the molecule is C=CCNCCSC1Cc2ccccc2Oc2ccc(F)cc21.O=C(O)/C=C\C(=O)O. The average Bonchev–Trinajstić information content (AvgIpc) is 2.89. The lowest BCUT2D eigenvalue weighted by atomic mass is 10.0. The molecule has 1 aliphatic rings. The third kappa shape index (κ3) is 8.27. The number of para-hydroxylation sites is 1. The second kappa shape index (κ2) is 12.6. The zero-order valence-corrected chi connectivity index (χ0v) is 17.6. The van der Waals surface area contributed by atoms with Gasteiger partial charge in [-0.05, 0) is 36.2 Å². The highest BCUT2D eigenvalue weighted by Crippen LogP contribution is 2.44. The summed E-state index contributed by atoms with van der Waals surface area (Å²) in [5.41, 5.74) is 2.11. The van der Waals surface area contributed by atoms with Crippen LogP contribution in [0, 0.1) is 5.82 Å². The molecule has 3 N–H and O–H groups in total. The summed E-state index contributed by atoms with van der Waals surface area (Å²) in [6.45, 7) is 5.41. The maximum atomic E-state index is 13.7. The molecule has 0 fully saturated rings. The van der Waals surface area contributed by atoms with Gasteiger partial charge in [0.25, 0.3) is 0 Å². The molecule has 1 unspecified atom stereocenters. The van der Waals surface area contributed by atoms with Crippen LogP contribution in [0.5, 0.6) is 11.5 Å². The van der Waals surface area contributed by atoms with Crippen molar-refractivity contribution in [2.24, 2.45) is 0 Å². The van der Waals surface area contributed by atoms with Gasteiger partial charge in [0.15, 0.2) is 0 Å². The van der Waals surface area contributed by atoms with E-state index in [1.165, 1.54) is 11.6 Å². The van der Waals surface area contributed by atoms with Gasteiger partial charge in [-0.1, -0.05) is 24.3 Å². The molecule has 0 bridgehead atoms. The van der Waals surface area contributed by atoms with Gasteiger partial charge in [0.2, 0.25) is 0 Å². The number of ether oxygens (including phenoxy) is 1. The van der Waals surface area contributed by atoms with Gasteiger partial charge in [0, 0.05) is 41.8 Å². The molecule has 31 heavy (non-hydrogen) atoms. The van der Waals surface area contributed by atoms with Crippen molar-refractivity contribution in [2.75, 3.05) is 18.8 Å². The van der Waals surface area contributed by atoms with Crippen LogP contribution >= 0.6 is 11.8 Å². The topological polar surface area (TPSA) is 95.9 Å². The Hall–Kier alpha value is -3.10. The Morgan fingerprint density at radius 1 is 1.16 bits per heavy atom. The van der Waals surface area contributed by atoms with Crippen molar-refractivity contribution in [3.8, 4) is 11.5 Å². The third-order valence-electron chi connectivity index (χ3n) is 4.17. The Morgan fingerprint density at radius 3 is 2.55 bits per heavy atom. The first kappa shape index (κ1) is 24.2. The first-order valence-electron chi connectivity index (χ1n) is 9.53. The number of aliphatic carboxylic acids is 2. The monoisotopic (exact) mass is 445 g/mol. The standard InChI is InChI=1S/C19H20FNOS.C4H4O4/c1-2-9-21-10-11-23-19-12-14-5-3-4-6-17(14)22-18-8-7-15(20)13-16(18)19;5-3(6)1-2-4(7)8/h2-8,13,19,21H,1,9-12H2;1-2H,(H,5,6)(H,7,8)/b;2-1-. The fourth-order valence-corrected chi connectivity index (χ4v) is 4.04. The molecule has 0 saturated carbocycles. The maximum Gasteiger partial charge on any atom is 0.328 e. The molecule has 0 spiro atoms. The van der Waals surface area contributed by atoms with Crippen molar-refractivity contribution >= 4 is 23.7 Å². The van der Waals surface area contributed by atoms with Crippen molar-refractivity contribution in [3.63, 3.8) is 0 Å². The third-order valence-corrected chi connectivity index (χ3v) is 5.43. The minimum Gasteiger partial charge on any atom is -0.478 e. The van der Waals surface area contributed by atoms with Gasteiger partial charge in [-0.25, -0.2) is 14.0 Å². The van der Waals surface area contributed by atoms with Gasteiger partial charge in [-0.3, -0.25) is 0 Å². The number of carboxylic acid groups (broad SMARTS) is 2. The number of hydrogen-bond acceptors (Lipinski definition) is 5. The van der Waals surface area contributed by atoms with Gasteiger partial charge in [-0.15, -0.1) is 6.58 Å². The van der Waals surface area contributed by atoms with Crippen LogP contribution in [-0.4, -0.2) is 41.0 Å². The van der Waals surface area contributed by atoms with E-state index in [1.54, 1.807) is 12.1 Å². The molecule has 0 saturated heterocycles. The molecule has 0 radical (unpaired) electrons. The number of nitrogens with one attached hydrogen (secondary N) is 1. The Bertz CT molecular complexity index is 931. The molecular formula is C23H24FNO5S. The van der Waals surface area contributed by atoms with Crippen LogP contribution in [0.2, 0.25) is 0 Å². The molecule has 8 heteroatoms. The Balaban J connectivity index is 0.000000366. The molecule has 164 valence electrons. The van der Waals surface area contributed by atoms with Crippen LogP contribution in [0.3, 0.4) is 0 Å². The van der Waals surface area contributed by atoms with Crippen LogP contribution in [0.15, 0.2) is 67.3 Å². The summed E-state index contributed by atoms with van der Waals surface area (Å²) in [6.07, 6.45) is 3.81. The molecule has 0 aliphatic carbocycles. The van der Waals surface area contributed by atoms with Gasteiger partial charge >= 0.3 is 11.9 Å². The van der Waals surface area contributed by atoms with Gasteiger partial charge < -0.3 is 20.3 Å². The molecule has 1 heterocycles. The summed E-state index contributed by atoms with van der Waals surface area (Å²) in [5, 5.41) is 19.1. The van der Waals surface area contributed by atoms with Crippen LogP contribution in [0.4, 0.5) is 4.39 Å². The highest BCUT2D eigenvalue weighted by molar-refractivity contribution is 7.99. The number of rotatable bonds is 8. The van der Waals surface area contributed by atoms with E-state index in [9.17, 15) is 14.0 Å².